The van der Waals surface area contributed by atoms with Gasteiger partial charge in [0.25, 0.3) is 5.91 Å². The predicted molar refractivity (Wildman–Crippen MR) is 301 cm³/mol. The van der Waals surface area contributed by atoms with E-state index in [0.29, 0.717) is 24.8 Å². The zero-order chi connectivity index (χ0) is 59.4. The molecule has 19 nitrogen and oxygen atoms in total. The quantitative estimate of drug-likeness (QED) is 0.206. The van der Waals surface area contributed by atoms with Crippen LogP contribution in [0.2, 0.25) is 0 Å². The molecule has 4 rings (SSSR count). The number of esters is 1. The number of carbonyl (C=O) groups is 9. The van der Waals surface area contributed by atoms with E-state index in [2.05, 4.69) is 16.0 Å². The van der Waals surface area contributed by atoms with Crippen LogP contribution in [0.1, 0.15) is 126 Å². The molecule has 8 amide bonds. The topological polar surface area (TPSA) is 235 Å². The van der Waals surface area contributed by atoms with Gasteiger partial charge in [-0.2, -0.15) is 0 Å². The van der Waals surface area contributed by atoms with Crippen molar-refractivity contribution in [2.24, 2.45) is 29.6 Å². The number of likely N-dealkylation sites (N-methyl/N-ethyl adjacent to an activating group) is 4. The summed E-state index contributed by atoms with van der Waals surface area (Å²) in [5, 5.41) is 20.5. The van der Waals surface area contributed by atoms with Crippen molar-refractivity contribution in [2.45, 2.75) is 188 Å². The molecule has 0 saturated carbocycles. The van der Waals surface area contributed by atoms with Gasteiger partial charge in [0.1, 0.15) is 42.3 Å². The summed E-state index contributed by atoms with van der Waals surface area (Å²) in [6.45, 7) is 20.6. The Morgan fingerprint density at radius 2 is 1.06 bits per heavy atom. The molecule has 2 aromatic carbocycles. The van der Waals surface area contributed by atoms with E-state index >= 15 is 9.59 Å². The molecule has 19 heteroatoms. The van der Waals surface area contributed by atoms with Crippen molar-refractivity contribution in [1.29, 1.82) is 0 Å². The Morgan fingerprint density at radius 3 is 1.54 bits per heavy atom. The van der Waals surface area contributed by atoms with Gasteiger partial charge in [0.2, 0.25) is 41.4 Å². The second-order valence-corrected chi connectivity index (χ2v) is 23.7. The molecule has 438 valence electrons. The van der Waals surface area contributed by atoms with Crippen molar-refractivity contribution in [3.8, 4) is 0 Å². The third kappa shape index (κ3) is 16.4. The van der Waals surface area contributed by atoms with E-state index in [9.17, 15) is 38.7 Å². The minimum absolute atomic E-state index is 0.00676. The Bertz CT molecular complexity index is 2430. The van der Waals surface area contributed by atoms with Crippen LogP contribution in [0.5, 0.6) is 0 Å². The van der Waals surface area contributed by atoms with Gasteiger partial charge >= 0.3 is 5.97 Å². The molecule has 0 aliphatic carbocycles. The number of ether oxygens (including phenoxy) is 1. The summed E-state index contributed by atoms with van der Waals surface area (Å²) in [5.41, 5.74) is -0.551. The molecule has 4 N–H and O–H groups in total. The van der Waals surface area contributed by atoms with Gasteiger partial charge in [0.15, 0.2) is 12.1 Å². The van der Waals surface area contributed by atoms with Gasteiger partial charge in [-0.3, -0.25) is 38.4 Å². The Kier molecular flexibility index (Phi) is 23.6. The largest absolute Gasteiger partial charge is 0.450 e. The van der Waals surface area contributed by atoms with Gasteiger partial charge in [-0.25, -0.2) is 4.79 Å². The van der Waals surface area contributed by atoms with Crippen LogP contribution in [0.25, 0.3) is 0 Å². The number of aliphatic hydroxyl groups is 1. The van der Waals surface area contributed by atoms with Crippen molar-refractivity contribution in [3.05, 3.63) is 71.8 Å². The van der Waals surface area contributed by atoms with Crippen LogP contribution >= 0.6 is 0 Å². The fraction of sp³-hybridized carbons (Fsp3) is 0.650. The first-order chi connectivity index (χ1) is 37.0. The summed E-state index contributed by atoms with van der Waals surface area (Å²) in [4.78, 5) is 140. The normalized spacial score (nSPS) is 26.5. The zero-order valence-corrected chi connectivity index (χ0v) is 49.8. The van der Waals surface area contributed by atoms with Crippen LogP contribution in [0.4, 0.5) is 0 Å². The van der Waals surface area contributed by atoms with Crippen molar-refractivity contribution < 1.29 is 53.0 Å². The summed E-state index contributed by atoms with van der Waals surface area (Å²) in [5.74, 6) is -8.65. The number of nitrogens with one attached hydrogen (secondary N) is 3. The number of fused-ring (bicyclic) bond motifs is 1. The highest BCUT2D eigenvalue weighted by Gasteiger charge is 2.48. The van der Waals surface area contributed by atoms with Crippen molar-refractivity contribution >= 4 is 53.2 Å². The average molecular weight is 1100 g/mol. The minimum atomic E-state index is -1.97. The molecule has 2 aromatic rings. The Morgan fingerprint density at radius 1 is 0.582 bits per heavy atom. The van der Waals surface area contributed by atoms with E-state index in [4.69, 9.17) is 4.74 Å². The Labute approximate surface area is 469 Å². The molecule has 2 saturated heterocycles. The molecular weight excluding hydrogens is 1010 g/mol. The molecule has 0 radical (unpaired) electrons. The average Bonchev–Trinajstić information content (AvgIpc) is 3.89. The van der Waals surface area contributed by atoms with Crippen LogP contribution in [-0.2, 0) is 60.7 Å². The van der Waals surface area contributed by atoms with Gasteiger partial charge in [-0.05, 0) is 74.3 Å². The van der Waals surface area contributed by atoms with Gasteiger partial charge in [0.05, 0.1) is 5.60 Å². The lowest BCUT2D eigenvalue weighted by atomic mass is 9.93. The number of benzene rings is 2. The van der Waals surface area contributed by atoms with Gasteiger partial charge in [-0.15, -0.1) is 0 Å². The van der Waals surface area contributed by atoms with E-state index < -0.39 is 137 Å². The number of rotatable bonds is 13. The van der Waals surface area contributed by atoms with E-state index in [0.717, 1.165) is 10.5 Å². The Hall–Kier alpha value is -6.37. The summed E-state index contributed by atoms with van der Waals surface area (Å²) in [6.07, 6.45) is 0.101. The summed E-state index contributed by atoms with van der Waals surface area (Å²) in [7, 11) is 5.67. The highest BCUT2D eigenvalue weighted by Crippen LogP contribution is 2.27. The molecule has 11 atom stereocenters. The first kappa shape index (κ1) is 65.2. The lowest BCUT2D eigenvalue weighted by molar-refractivity contribution is -0.177. The molecule has 2 heterocycles. The molecular formula is C60H92N8O11. The Balaban J connectivity index is 1.98. The summed E-state index contributed by atoms with van der Waals surface area (Å²) < 4.78 is 6.09. The van der Waals surface area contributed by atoms with Crippen LogP contribution in [0, 0.1) is 29.6 Å². The number of nitrogens with zero attached hydrogens (tertiary/aromatic N) is 5. The van der Waals surface area contributed by atoms with Crippen molar-refractivity contribution in [2.75, 3.05) is 34.7 Å². The molecule has 0 aromatic heterocycles. The number of hydrogen-bond donors (Lipinski definition) is 4. The second-order valence-electron chi connectivity index (χ2n) is 23.7. The maximum Gasteiger partial charge on any atom is 0.332 e. The summed E-state index contributed by atoms with van der Waals surface area (Å²) >= 11 is 0. The van der Waals surface area contributed by atoms with E-state index in [1.807, 2.05) is 57.2 Å². The molecule has 2 aliphatic heterocycles. The van der Waals surface area contributed by atoms with Crippen LogP contribution in [-0.4, -0.2) is 178 Å². The first-order valence-electron chi connectivity index (χ1n) is 28.3. The van der Waals surface area contributed by atoms with Gasteiger partial charge < -0.3 is 50.3 Å². The lowest BCUT2D eigenvalue weighted by Crippen LogP contribution is -2.63. The third-order valence-electron chi connectivity index (χ3n) is 15.8. The fourth-order valence-electron chi connectivity index (χ4n) is 11.0. The molecule has 0 unspecified atom stereocenters. The first-order valence-corrected chi connectivity index (χ1v) is 28.3. The summed E-state index contributed by atoms with van der Waals surface area (Å²) in [6, 6.07) is 8.11. The third-order valence-corrected chi connectivity index (χ3v) is 15.8. The highest BCUT2D eigenvalue weighted by atomic mass is 16.6. The maximum atomic E-state index is 15.3. The number of cyclic esters (lactones) is 1. The molecule has 0 spiro atoms. The standard InChI is InChI=1S/C60H92N8O11/c1-17-38(9)46-57(75)65(14)47(36(5)6)52(70)61-42(32-35(3)4)55(73)67(16)50(60(11,12)78)59(77)79-49(39(10)18-2)58(76)66(15)48(37(7)8)53(71)62-43(33-40-26-21-19-22-27-40)54(72)64(13)45(34-41-28-23-20-24-29-41)56(74)68-31-25-30-44(68)51(69)63-46/h19-24,26-29,35-39,42-50,78H,17-18,25,30-34H2,1-16H3,(H,61,70)(H,62,71)(H,63,69)/t38-,39-,42+,43+,44+,45+,46+,47+,48+,49-,50+/m1/s1. The predicted octanol–water partition coefficient (Wildman–Crippen LogP) is 4.37. The lowest BCUT2D eigenvalue weighted by Gasteiger charge is -2.39. The smallest absolute Gasteiger partial charge is 0.332 e. The van der Waals surface area contributed by atoms with Crippen LogP contribution in [0.3, 0.4) is 0 Å². The molecule has 79 heavy (non-hydrogen) atoms. The van der Waals surface area contributed by atoms with Gasteiger partial charge in [-0.1, -0.05) is 136 Å². The molecule has 0 bridgehead atoms. The fourth-order valence-corrected chi connectivity index (χ4v) is 11.0. The molecule has 2 fully saturated rings. The van der Waals surface area contributed by atoms with E-state index in [1.165, 1.54) is 61.6 Å². The van der Waals surface area contributed by atoms with E-state index in [-0.39, 0.29) is 38.1 Å². The highest BCUT2D eigenvalue weighted by molar-refractivity contribution is 5.99. The molecule has 2 aliphatic rings. The zero-order valence-electron chi connectivity index (χ0n) is 49.8. The monoisotopic (exact) mass is 1100 g/mol. The number of amides is 8. The van der Waals surface area contributed by atoms with Crippen LogP contribution < -0.4 is 16.0 Å². The SMILES string of the molecule is CC[C@@H](C)[C@@H]1NC(=O)[C@@H]2CCCN2C(=O)[C@H](Cc2ccccc2)N(C)C(=O)[C@H](Cc2ccccc2)NC(=O)[C@H](C(C)C)N(C)C(=O)[C@@H]([C@H](C)CC)OC(=O)[C@@H](C(C)(C)O)N(C)C(=O)[C@H](CC(C)C)NC(=O)[C@H](C(C)C)N(C)C1=O. The van der Waals surface area contributed by atoms with Crippen molar-refractivity contribution in [3.63, 3.8) is 0 Å². The second kappa shape index (κ2) is 28.7. The minimum Gasteiger partial charge on any atom is -0.450 e. The number of carbonyl (C=O) groups excluding carboxylic acids is 9. The van der Waals surface area contributed by atoms with Crippen LogP contribution in [0.15, 0.2) is 60.7 Å². The maximum absolute atomic E-state index is 15.3. The van der Waals surface area contributed by atoms with Gasteiger partial charge in [0, 0.05) is 53.5 Å². The van der Waals surface area contributed by atoms with E-state index in [1.54, 1.807) is 72.7 Å². The number of hydrogen-bond acceptors (Lipinski definition) is 11. The van der Waals surface area contributed by atoms with Crippen molar-refractivity contribution in [1.82, 2.24) is 40.4 Å².